The maximum atomic E-state index is 4.43. The standard InChI is InChI=1S/C19H30N6/c1-15(2)9-10-25-19(20-21-22-25)18(17-7-5-16(3)6-8-17)24-13-11-23(4)12-14-24/h5-8,15,18H,9-14H2,1-4H3/t18-/m0/s1. The van der Waals surface area contributed by atoms with Gasteiger partial charge in [0.1, 0.15) is 0 Å². The van der Waals surface area contributed by atoms with Crippen molar-refractivity contribution in [2.75, 3.05) is 33.2 Å². The Bertz CT molecular complexity index is 655. The zero-order chi connectivity index (χ0) is 17.8. The fraction of sp³-hybridized carbons (Fsp3) is 0.632. The fourth-order valence-electron chi connectivity index (χ4n) is 3.30. The molecule has 6 heteroatoms. The lowest BCUT2D eigenvalue weighted by atomic mass is 10.0. The smallest absolute Gasteiger partial charge is 0.173 e. The first kappa shape index (κ1) is 18.0. The molecule has 1 aromatic heterocycles. The Labute approximate surface area is 150 Å². The van der Waals surface area contributed by atoms with Gasteiger partial charge in [0.25, 0.3) is 0 Å². The molecular formula is C19H30N6. The molecule has 0 saturated carbocycles. The third-order valence-electron chi connectivity index (χ3n) is 5.02. The lowest BCUT2D eigenvalue weighted by Gasteiger charge is -2.37. The molecule has 0 N–H and O–H groups in total. The van der Waals surface area contributed by atoms with Crippen LogP contribution < -0.4 is 0 Å². The van der Waals surface area contributed by atoms with Crippen molar-refractivity contribution in [3.8, 4) is 0 Å². The van der Waals surface area contributed by atoms with Gasteiger partial charge in [-0.15, -0.1) is 5.10 Å². The van der Waals surface area contributed by atoms with Crippen molar-refractivity contribution in [1.29, 1.82) is 0 Å². The molecule has 1 aliphatic heterocycles. The zero-order valence-corrected chi connectivity index (χ0v) is 15.9. The highest BCUT2D eigenvalue weighted by Gasteiger charge is 2.29. The molecular weight excluding hydrogens is 312 g/mol. The second-order valence-electron chi connectivity index (χ2n) is 7.60. The van der Waals surface area contributed by atoms with Crippen LogP contribution in [0.1, 0.15) is 43.3 Å². The van der Waals surface area contributed by atoms with Crippen LogP contribution in [0.4, 0.5) is 0 Å². The van der Waals surface area contributed by atoms with Crippen molar-refractivity contribution < 1.29 is 0 Å². The summed E-state index contributed by atoms with van der Waals surface area (Å²) in [6, 6.07) is 8.93. The Morgan fingerprint density at radius 1 is 1.04 bits per heavy atom. The van der Waals surface area contributed by atoms with Crippen LogP contribution in [0.3, 0.4) is 0 Å². The maximum absolute atomic E-state index is 4.43. The van der Waals surface area contributed by atoms with Crippen LogP contribution in [0.2, 0.25) is 0 Å². The predicted octanol–water partition coefficient (Wildman–Crippen LogP) is 2.36. The highest BCUT2D eigenvalue weighted by atomic mass is 15.6. The van der Waals surface area contributed by atoms with E-state index in [-0.39, 0.29) is 6.04 Å². The Balaban J connectivity index is 1.91. The second kappa shape index (κ2) is 8.06. The van der Waals surface area contributed by atoms with Gasteiger partial charge in [-0.2, -0.15) is 0 Å². The molecule has 1 saturated heterocycles. The average Bonchev–Trinajstić information content (AvgIpc) is 3.05. The highest BCUT2D eigenvalue weighted by molar-refractivity contribution is 5.28. The van der Waals surface area contributed by atoms with Crippen molar-refractivity contribution in [3.05, 3.63) is 41.2 Å². The lowest BCUT2D eigenvalue weighted by Crippen LogP contribution is -2.46. The van der Waals surface area contributed by atoms with E-state index in [1.54, 1.807) is 0 Å². The first-order valence-electron chi connectivity index (χ1n) is 9.30. The molecule has 2 aromatic rings. The third-order valence-corrected chi connectivity index (χ3v) is 5.02. The summed E-state index contributed by atoms with van der Waals surface area (Å²) in [6.45, 7) is 11.7. The van der Waals surface area contributed by atoms with E-state index in [1.807, 2.05) is 4.68 Å². The molecule has 0 radical (unpaired) electrons. The topological polar surface area (TPSA) is 50.1 Å². The number of nitrogens with zero attached hydrogens (tertiary/aromatic N) is 6. The van der Waals surface area contributed by atoms with Gasteiger partial charge in [0.15, 0.2) is 5.82 Å². The van der Waals surface area contributed by atoms with E-state index in [0.717, 1.165) is 45.0 Å². The normalized spacial score (nSPS) is 18.0. The van der Waals surface area contributed by atoms with Crippen LogP contribution in [-0.4, -0.2) is 63.2 Å². The van der Waals surface area contributed by atoms with E-state index >= 15 is 0 Å². The third kappa shape index (κ3) is 4.44. The number of hydrogen-bond acceptors (Lipinski definition) is 5. The van der Waals surface area contributed by atoms with Crippen LogP contribution >= 0.6 is 0 Å². The van der Waals surface area contributed by atoms with E-state index in [2.05, 4.69) is 77.4 Å². The minimum atomic E-state index is 0.122. The summed E-state index contributed by atoms with van der Waals surface area (Å²) in [5, 5.41) is 12.7. The molecule has 136 valence electrons. The molecule has 0 unspecified atom stereocenters. The van der Waals surface area contributed by atoms with Crippen molar-refractivity contribution >= 4 is 0 Å². The van der Waals surface area contributed by atoms with Crippen molar-refractivity contribution in [2.24, 2.45) is 5.92 Å². The largest absolute Gasteiger partial charge is 0.304 e. The average molecular weight is 342 g/mol. The summed E-state index contributed by atoms with van der Waals surface area (Å²) in [5.74, 6) is 1.60. The summed E-state index contributed by atoms with van der Waals surface area (Å²) in [5.41, 5.74) is 2.55. The number of tetrazole rings is 1. The quantitative estimate of drug-likeness (QED) is 0.807. The van der Waals surface area contributed by atoms with E-state index in [4.69, 9.17) is 0 Å². The molecule has 1 atom stereocenters. The van der Waals surface area contributed by atoms with Gasteiger partial charge >= 0.3 is 0 Å². The van der Waals surface area contributed by atoms with E-state index in [9.17, 15) is 0 Å². The molecule has 0 spiro atoms. The van der Waals surface area contributed by atoms with E-state index in [1.165, 1.54) is 11.1 Å². The van der Waals surface area contributed by atoms with Crippen LogP contribution in [-0.2, 0) is 6.54 Å². The van der Waals surface area contributed by atoms with Crippen LogP contribution in [0.25, 0.3) is 0 Å². The van der Waals surface area contributed by atoms with Crippen molar-refractivity contribution in [2.45, 2.75) is 39.8 Å². The van der Waals surface area contributed by atoms with E-state index < -0.39 is 0 Å². The van der Waals surface area contributed by atoms with Gasteiger partial charge in [0.2, 0.25) is 0 Å². The summed E-state index contributed by atoms with van der Waals surface area (Å²) in [4.78, 5) is 4.90. The number of aromatic nitrogens is 4. The first-order valence-corrected chi connectivity index (χ1v) is 9.30. The summed E-state index contributed by atoms with van der Waals surface area (Å²) in [6.07, 6.45) is 1.08. The molecule has 0 bridgehead atoms. The molecule has 3 rings (SSSR count). The molecule has 6 nitrogen and oxygen atoms in total. The van der Waals surface area contributed by atoms with Gasteiger partial charge in [0, 0.05) is 32.7 Å². The number of piperazine rings is 1. The van der Waals surface area contributed by atoms with Crippen LogP contribution in [0.15, 0.2) is 24.3 Å². The Kier molecular flexibility index (Phi) is 5.81. The molecule has 2 heterocycles. The molecule has 1 aromatic carbocycles. The highest BCUT2D eigenvalue weighted by Crippen LogP contribution is 2.28. The van der Waals surface area contributed by atoms with Crippen molar-refractivity contribution in [3.63, 3.8) is 0 Å². The molecule has 25 heavy (non-hydrogen) atoms. The van der Waals surface area contributed by atoms with Gasteiger partial charge in [-0.3, -0.25) is 4.90 Å². The number of hydrogen-bond donors (Lipinski definition) is 0. The minimum Gasteiger partial charge on any atom is -0.304 e. The predicted molar refractivity (Wildman–Crippen MR) is 99.4 cm³/mol. The van der Waals surface area contributed by atoms with Gasteiger partial charge in [0.05, 0.1) is 6.04 Å². The summed E-state index contributed by atoms with van der Waals surface area (Å²) < 4.78 is 2.00. The molecule has 1 aliphatic rings. The van der Waals surface area contributed by atoms with Crippen LogP contribution in [0, 0.1) is 12.8 Å². The van der Waals surface area contributed by atoms with E-state index in [0.29, 0.717) is 5.92 Å². The summed E-state index contributed by atoms with van der Waals surface area (Å²) in [7, 11) is 2.19. The number of aryl methyl sites for hydroxylation is 2. The minimum absolute atomic E-state index is 0.122. The maximum Gasteiger partial charge on any atom is 0.173 e. The van der Waals surface area contributed by atoms with Crippen LogP contribution in [0.5, 0.6) is 0 Å². The fourth-order valence-corrected chi connectivity index (χ4v) is 3.30. The molecule has 0 aliphatic carbocycles. The Morgan fingerprint density at radius 2 is 1.72 bits per heavy atom. The zero-order valence-electron chi connectivity index (χ0n) is 15.9. The first-order chi connectivity index (χ1) is 12.0. The molecule has 0 amide bonds. The van der Waals surface area contributed by atoms with Gasteiger partial charge < -0.3 is 4.90 Å². The Morgan fingerprint density at radius 3 is 2.36 bits per heavy atom. The number of likely N-dealkylation sites (N-methyl/N-ethyl adjacent to an activating group) is 1. The van der Waals surface area contributed by atoms with Gasteiger partial charge in [-0.05, 0) is 42.3 Å². The summed E-state index contributed by atoms with van der Waals surface area (Å²) >= 11 is 0. The lowest BCUT2D eigenvalue weighted by molar-refractivity contribution is 0.121. The molecule has 1 fully saturated rings. The van der Waals surface area contributed by atoms with Crippen molar-refractivity contribution in [1.82, 2.24) is 30.0 Å². The Hall–Kier alpha value is -1.79. The van der Waals surface area contributed by atoms with Gasteiger partial charge in [-0.25, -0.2) is 4.68 Å². The second-order valence-corrected chi connectivity index (χ2v) is 7.60. The number of benzene rings is 1. The monoisotopic (exact) mass is 342 g/mol. The number of rotatable bonds is 6. The van der Waals surface area contributed by atoms with Gasteiger partial charge in [-0.1, -0.05) is 43.7 Å². The SMILES string of the molecule is Cc1ccc([C@@H](c2nnnn2CCC(C)C)N2CCN(C)CC2)cc1.